The van der Waals surface area contributed by atoms with Gasteiger partial charge in [0.15, 0.2) is 17.2 Å². The molecule has 0 spiro atoms. The molecule has 0 amide bonds. The number of fused-ring (bicyclic) bond motifs is 4. The third kappa shape index (κ3) is 10.1. The molecular weight excluding hydrogens is 925 g/mol. The highest BCUT2D eigenvalue weighted by molar-refractivity contribution is 7.03. The molecule has 0 aromatic carbocycles. The summed E-state index contributed by atoms with van der Waals surface area (Å²) >= 11 is 0. The van der Waals surface area contributed by atoms with Crippen molar-refractivity contribution in [3.63, 3.8) is 0 Å². The monoisotopic (exact) mass is 966 g/mol. The van der Waals surface area contributed by atoms with E-state index >= 15 is 0 Å². The fourth-order valence-electron chi connectivity index (χ4n) is 4.73. The Morgan fingerprint density at radius 1 is 0.569 bits per heavy atom. The van der Waals surface area contributed by atoms with E-state index in [2.05, 4.69) is 52.6 Å². The number of aliphatic hydroxyl groups excluding tert-OH is 3. The van der Waals surface area contributed by atoms with Gasteiger partial charge in [0.05, 0.1) is 0 Å². The molecule has 0 aromatic heterocycles. The lowest BCUT2D eigenvalue weighted by Gasteiger charge is -2.57. The van der Waals surface area contributed by atoms with Crippen LogP contribution in [0.1, 0.15) is 20.8 Å². The van der Waals surface area contributed by atoms with Gasteiger partial charge in [-0.25, -0.2) is 14.4 Å². The van der Waals surface area contributed by atoms with E-state index in [4.69, 9.17) is 63.6 Å². The van der Waals surface area contributed by atoms with Crippen LogP contribution in [0.15, 0.2) is 97.8 Å². The Kier molecular flexibility index (Phi) is 15.6. The molecule has 6 bridgehead atoms. The molecule has 3 N–H and O–H groups in total. The highest BCUT2D eigenvalue weighted by Crippen LogP contribution is 2.46. The first kappa shape index (κ1) is 48.3. The molecule has 316 valence electrons. The van der Waals surface area contributed by atoms with Gasteiger partial charge in [-0.2, -0.15) is 0 Å². The van der Waals surface area contributed by atoms with E-state index in [0.717, 1.165) is 22.8 Å². The van der Waals surface area contributed by atoms with Crippen LogP contribution in [0.5, 0.6) is 0 Å². The minimum Gasteiger partial charge on any atom is -0.460 e. The maximum atomic E-state index is 12.6. The summed E-state index contributed by atoms with van der Waals surface area (Å²) in [5.74, 6) is -2.75. The lowest BCUT2D eigenvalue weighted by Crippen LogP contribution is -2.86. The average Bonchev–Trinajstić information content (AvgIpc) is 3.16. The second-order valence-corrected chi connectivity index (χ2v) is 35.0. The Hall–Kier alpha value is -2.32. The van der Waals surface area contributed by atoms with Gasteiger partial charge < -0.3 is 78.9 Å². The Balaban J connectivity index is 2.09. The highest BCUT2D eigenvalue weighted by atomic mass is 28.6. The molecule has 4 aliphatic rings. The Morgan fingerprint density at radius 3 is 1.19 bits per heavy atom. The average molecular weight is 967 g/mol. The van der Waals surface area contributed by atoms with Crippen LogP contribution in [0.2, 0.25) is 0 Å². The van der Waals surface area contributed by atoms with Gasteiger partial charge in [0.25, 0.3) is 9.76 Å². The van der Waals surface area contributed by atoms with Crippen molar-refractivity contribution in [2.24, 2.45) is 0 Å². The predicted molar refractivity (Wildman–Crippen MR) is 211 cm³/mol. The number of hydrogen-bond donors (Lipinski definition) is 3. The van der Waals surface area contributed by atoms with E-state index in [9.17, 15) is 29.7 Å². The molecule has 30 heteroatoms. The fraction of sp³-hybridized carbons (Fsp3) is 0.321. The summed E-state index contributed by atoms with van der Waals surface area (Å²) in [7, 11) is -37.3. The maximum Gasteiger partial charge on any atom is 0.511 e. The Morgan fingerprint density at radius 2 is 0.879 bits per heavy atom. The van der Waals surface area contributed by atoms with E-state index in [1.54, 1.807) is 0 Å². The third-order valence-electron chi connectivity index (χ3n) is 7.60. The molecule has 0 saturated carbocycles. The van der Waals surface area contributed by atoms with Crippen LogP contribution in [0.3, 0.4) is 0 Å². The van der Waals surface area contributed by atoms with Crippen molar-refractivity contribution in [3.05, 3.63) is 97.8 Å². The number of hydrogen-bond acceptors (Lipinski definition) is 21. The van der Waals surface area contributed by atoms with Gasteiger partial charge in [-0.05, 0) is 43.6 Å². The van der Waals surface area contributed by atoms with Crippen molar-refractivity contribution in [2.75, 3.05) is 19.8 Å². The number of esters is 3. The number of aliphatic hydroxyl groups is 3. The lowest BCUT2D eigenvalue weighted by atomic mass is 10.4. The van der Waals surface area contributed by atoms with Crippen LogP contribution >= 0.6 is 0 Å². The Bertz CT molecular complexity index is 1660. The quantitative estimate of drug-likeness (QED) is 0.0612. The van der Waals surface area contributed by atoms with Crippen molar-refractivity contribution in [1.29, 1.82) is 0 Å². The smallest absolute Gasteiger partial charge is 0.460 e. The minimum atomic E-state index is -5.18. The first-order valence-electron chi connectivity index (χ1n) is 16.7. The minimum absolute atomic E-state index is 0.0283. The van der Waals surface area contributed by atoms with Crippen molar-refractivity contribution in [1.82, 2.24) is 0 Å². The standard InChI is InChI=1S/C28H42O21Si9/c1-12-50-38-56(23(29)17-35-26(32)20(6)7)44-53(14-3)41-52(13-2)42-54(15-4,45-56)47-58(25(31)19-37-28(34)22(10)11)40-51-39-57(46-53,48-55(16-5,43-52)49-58)24(30)18-36-27(33)21(8)9/h12-16,23-25,29-31H,1-6,8,10,17-19H2,7,9,11H3. The van der Waals surface area contributed by atoms with Crippen LogP contribution in [-0.2, 0) is 78.0 Å². The van der Waals surface area contributed by atoms with E-state index in [0.29, 0.717) is 0 Å². The second-order valence-electron chi connectivity index (χ2n) is 12.4. The van der Waals surface area contributed by atoms with Gasteiger partial charge in [-0.1, -0.05) is 25.4 Å². The normalized spacial score (nSPS) is 35.6. The summed E-state index contributed by atoms with van der Waals surface area (Å²) in [6.45, 7) is 31.2. The maximum absolute atomic E-state index is 12.6. The zero-order valence-electron chi connectivity index (χ0n) is 31.6. The summed E-state index contributed by atoms with van der Waals surface area (Å²) in [6, 6.07) is 0. The molecule has 0 aliphatic carbocycles. The zero-order valence-corrected chi connectivity index (χ0v) is 40.6. The molecule has 7 unspecified atom stereocenters. The zero-order chi connectivity index (χ0) is 43.4. The Labute approximate surface area is 346 Å². The number of rotatable bonds is 19. The van der Waals surface area contributed by atoms with Gasteiger partial charge in [0.2, 0.25) is 0 Å². The van der Waals surface area contributed by atoms with Gasteiger partial charge >= 0.3 is 89.5 Å². The number of carbonyl (C=O) groups excluding carboxylic acids is 3. The molecule has 4 fully saturated rings. The molecule has 21 nitrogen and oxygen atoms in total. The molecule has 0 aromatic rings. The van der Waals surface area contributed by atoms with Crippen molar-refractivity contribution < 1.29 is 93.3 Å². The molecule has 58 heavy (non-hydrogen) atoms. The summed E-state index contributed by atoms with van der Waals surface area (Å²) < 4.78 is 93.8. The summed E-state index contributed by atoms with van der Waals surface area (Å²) in [5.41, 5.74) is -0.785. The largest absolute Gasteiger partial charge is 0.511 e. The van der Waals surface area contributed by atoms with Crippen LogP contribution < -0.4 is 0 Å². The topological polar surface area (TPSA) is 250 Å². The predicted octanol–water partition coefficient (Wildman–Crippen LogP) is -0.932. The first-order chi connectivity index (χ1) is 27.1. The number of ether oxygens (including phenoxy) is 3. The van der Waals surface area contributed by atoms with Gasteiger partial charge in [0, 0.05) is 16.7 Å². The fourth-order valence-corrected chi connectivity index (χ4v) is 42.6. The summed E-state index contributed by atoms with van der Waals surface area (Å²) in [4.78, 5) is 37.6. The molecule has 4 aliphatic heterocycles. The van der Waals surface area contributed by atoms with Gasteiger partial charge in [-0.15, -0.1) is 32.9 Å². The van der Waals surface area contributed by atoms with Crippen LogP contribution in [-0.4, -0.2) is 152 Å². The van der Waals surface area contributed by atoms with E-state index in [-0.39, 0.29) is 16.7 Å². The highest BCUT2D eigenvalue weighted by Gasteiger charge is 2.80. The first-order valence-corrected chi connectivity index (χ1v) is 31.1. The lowest BCUT2D eigenvalue weighted by molar-refractivity contribution is -0.142. The molecule has 4 heterocycles. The molecule has 7 atom stereocenters. The van der Waals surface area contributed by atoms with E-state index in [1.165, 1.54) is 26.5 Å². The SMILES string of the molecule is C=C[Si]O[Si]1(C(O)COC(=O)C(=C)C)O[Si]2(C=C)O[Si]3(C=C)O[Si](C=C)(O1)O[Si]1(C(O)COC(=O)C(=C)C)O[Si]O[Si](C(O)COC(=O)C(=C)C)(O2)O[Si](C=C)(O3)O1. The van der Waals surface area contributed by atoms with Gasteiger partial charge in [-0.3, -0.25) is 0 Å². The summed E-state index contributed by atoms with van der Waals surface area (Å²) in [5, 5.41) is 35.9. The molecular formula is C28H42O21Si9. The van der Waals surface area contributed by atoms with Crippen LogP contribution in [0.4, 0.5) is 0 Å². The van der Waals surface area contributed by atoms with Crippen molar-refractivity contribution in [2.45, 2.75) is 38.0 Å². The molecule has 4 saturated heterocycles. The van der Waals surface area contributed by atoms with Crippen LogP contribution in [0.25, 0.3) is 0 Å². The van der Waals surface area contributed by atoms with Crippen molar-refractivity contribution >= 4 is 99.3 Å². The molecule has 4 radical (unpaired) electrons. The van der Waals surface area contributed by atoms with E-state index in [1.807, 2.05) is 0 Å². The third-order valence-corrected chi connectivity index (χ3v) is 37.8. The van der Waals surface area contributed by atoms with Gasteiger partial charge in [0.1, 0.15) is 19.8 Å². The summed E-state index contributed by atoms with van der Waals surface area (Å²) in [6.07, 6.45) is 0. The van der Waals surface area contributed by atoms with Crippen molar-refractivity contribution in [3.8, 4) is 0 Å². The van der Waals surface area contributed by atoms with E-state index < -0.39 is 136 Å². The second kappa shape index (κ2) is 18.7. The number of carbonyl (C=O) groups is 3. The molecule has 4 rings (SSSR count). The van der Waals surface area contributed by atoms with Crippen LogP contribution in [0, 0.1) is 0 Å².